The third-order valence-electron chi connectivity index (χ3n) is 3.49. The molecule has 0 aliphatic carbocycles. The summed E-state index contributed by atoms with van der Waals surface area (Å²) in [6, 6.07) is 3.47. The second-order valence-corrected chi connectivity index (χ2v) is 7.17. The van der Waals surface area contributed by atoms with Gasteiger partial charge in [0.05, 0.1) is 4.90 Å². The number of halogens is 1. The van der Waals surface area contributed by atoms with Crippen LogP contribution in [0.1, 0.15) is 24.8 Å². The van der Waals surface area contributed by atoms with Gasteiger partial charge in [-0.2, -0.15) is 4.31 Å². The maximum Gasteiger partial charge on any atom is 0.322 e. The molecule has 20 heavy (non-hydrogen) atoms. The van der Waals surface area contributed by atoms with Crippen LogP contribution in [-0.2, 0) is 14.8 Å². The van der Waals surface area contributed by atoms with Crippen molar-refractivity contribution in [2.45, 2.75) is 37.1 Å². The van der Waals surface area contributed by atoms with Crippen molar-refractivity contribution in [2.24, 2.45) is 0 Å². The second-order valence-electron chi connectivity index (χ2n) is 4.88. The van der Waals surface area contributed by atoms with Crippen LogP contribution in [0.3, 0.4) is 0 Å². The van der Waals surface area contributed by atoms with E-state index >= 15 is 0 Å². The van der Waals surface area contributed by atoms with Crippen molar-refractivity contribution in [1.29, 1.82) is 0 Å². The summed E-state index contributed by atoms with van der Waals surface area (Å²) in [6.07, 6.45) is 1.73. The predicted octanol–water partition coefficient (Wildman–Crippen LogP) is 2.28. The standard InChI is InChI=1S/C13H16ClNO4S/c1-9-5-6-10(8-11(9)14)20(18,19)15-7-3-2-4-12(15)13(16)17/h5-6,8,12H,2-4,7H2,1H3,(H,16,17). The van der Waals surface area contributed by atoms with Gasteiger partial charge in [0.1, 0.15) is 6.04 Å². The van der Waals surface area contributed by atoms with Crippen LogP contribution in [0.25, 0.3) is 0 Å². The summed E-state index contributed by atoms with van der Waals surface area (Å²) >= 11 is 5.96. The third kappa shape index (κ3) is 2.82. The van der Waals surface area contributed by atoms with E-state index in [1.165, 1.54) is 12.1 Å². The van der Waals surface area contributed by atoms with Gasteiger partial charge in [0.25, 0.3) is 0 Å². The minimum atomic E-state index is -3.83. The number of sulfonamides is 1. The van der Waals surface area contributed by atoms with E-state index in [4.69, 9.17) is 11.6 Å². The molecule has 0 spiro atoms. The first kappa shape index (κ1) is 15.3. The van der Waals surface area contributed by atoms with Crippen LogP contribution >= 0.6 is 11.6 Å². The first-order valence-corrected chi connectivity index (χ1v) is 8.16. The molecule has 0 saturated carbocycles. The quantitative estimate of drug-likeness (QED) is 0.928. The van der Waals surface area contributed by atoms with Gasteiger partial charge in [0.2, 0.25) is 10.0 Å². The molecule has 1 aromatic carbocycles. The van der Waals surface area contributed by atoms with Crippen LogP contribution in [-0.4, -0.2) is 36.4 Å². The zero-order valence-electron chi connectivity index (χ0n) is 11.0. The lowest BCUT2D eigenvalue weighted by atomic mass is 10.1. The Labute approximate surface area is 123 Å². The molecular weight excluding hydrogens is 302 g/mol. The van der Waals surface area contributed by atoms with Gasteiger partial charge in [-0.25, -0.2) is 8.42 Å². The van der Waals surface area contributed by atoms with Gasteiger partial charge in [-0.05, 0) is 43.9 Å². The van der Waals surface area contributed by atoms with Crippen LogP contribution in [0.2, 0.25) is 5.02 Å². The highest BCUT2D eigenvalue weighted by atomic mass is 35.5. The van der Waals surface area contributed by atoms with Crippen molar-refractivity contribution in [3.05, 3.63) is 28.8 Å². The number of benzene rings is 1. The molecule has 110 valence electrons. The molecule has 5 nitrogen and oxygen atoms in total. The summed E-state index contributed by atoms with van der Waals surface area (Å²) in [5.41, 5.74) is 0.777. The lowest BCUT2D eigenvalue weighted by Crippen LogP contribution is -2.47. The second kappa shape index (κ2) is 5.71. The molecule has 1 atom stereocenters. The molecule has 2 rings (SSSR count). The summed E-state index contributed by atoms with van der Waals surface area (Å²) in [4.78, 5) is 11.3. The van der Waals surface area contributed by atoms with Gasteiger partial charge in [0, 0.05) is 11.6 Å². The number of carboxylic acids is 1. The van der Waals surface area contributed by atoms with Gasteiger partial charge in [-0.3, -0.25) is 4.79 Å². The van der Waals surface area contributed by atoms with E-state index in [2.05, 4.69) is 0 Å². The van der Waals surface area contributed by atoms with Gasteiger partial charge >= 0.3 is 5.97 Å². The molecule has 1 saturated heterocycles. The molecule has 0 aromatic heterocycles. The zero-order chi connectivity index (χ0) is 14.9. The number of hydrogen-bond donors (Lipinski definition) is 1. The molecule has 1 N–H and O–H groups in total. The Morgan fingerprint density at radius 2 is 2.10 bits per heavy atom. The van der Waals surface area contributed by atoms with Crippen molar-refractivity contribution in [1.82, 2.24) is 4.31 Å². The minimum absolute atomic E-state index is 0.0428. The molecule has 1 heterocycles. The molecule has 0 amide bonds. The largest absolute Gasteiger partial charge is 0.480 e. The summed E-state index contributed by atoms with van der Waals surface area (Å²) in [5, 5.41) is 9.54. The van der Waals surface area contributed by atoms with E-state index in [0.29, 0.717) is 17.9 Å². The summed E-state index contributed by atoms with van der Waals surface area (Å²) in [6.45, 7) is 2.00. The average molecular weight is 318 g/mol. The summed E-state index contributed by atoms with van der Waals surface area (Å²) in [5.74, 6) is -1.11. The van der Waals surface area contributed by atoms with E-state index in [1.54, 1.807) is 13.0 Å². The predicted molar refractivity (Wildman–Crippen MR) is 75.4 cm³/mol. The number of piperidine rings is 1. The fourth-order valence-corrected chi connectivity index (χ4v) is 4.23. The number of hydrogen-bond acceptors (Lipinski definition) is 3. The van der Waals surface area contributed by atoms with Gasteiger partial charge in [-0.15, -0.1) is 0 Å². The number of aliphatic carboxylic acids is 1. The molecule has 0 radical (unpaired) electrons. The number of aryl methyl sites for hydroxylation is 1. The Hall–Kier alpha value is -1.11. The van der Waals surface area contributed by atoms with Crippen LogP contribution < -0.4 is 0 Å². The van der Waals surface area contributed by atoms with Crippen LogP contribution in [0.4, 0.5) is 0 Å². The van der Waals surface area contributed by atoms with Gasteiger partial charge in [0.15, 0.2) is 0 Å². The Kier molecular flexibility index (Phi) is 4.36. The highest BCUT2D eigenvalue weighted by Crippen LogP contribution is 2.28. The summed E-state index contributed by atoms with van der Waals surface area (Å²) in [7, 11) is -3.83. The SMILES string of the molecule is Cc1ccc(S(=O)(=O)N2CCCCC2C(=O)O)cc1Cl. The highest BCUT2D eigenvalue weighted by Gasteiger charge is 2.37. The van der Waals surface area contributed by atoms with E-state index in [0.717, 1.165) is 16.3 Å². The highest BCUT2D eigenvalue weighted by molar-refractivity contribution is 7.89. The van der Waals surface area contributed by atoms with Crippen molar-refractivity contribution in [2.75, 3.05) is 6.54 Å². The molecule has 0 bridgehead atoms. The molecule has 1 unspecified atom stereocenters. The van der Waals surface area contributed by atoms with Crippen molar-refractivity contribution in [3.8, 4) is 0 Å². The Bertz CT molecular complexity index is 629. The lowest BCUT2D eigenvalue weighted by Gasteiger charge is -2.31. The Morgan fingerprint density at radius 1 is 1.40 bits per heavy atom. The number of nitrogens with zero attached hydrogens (tertiary/aromatic N) is 1. The first-order valence-electron chi connectivity index (χ1n) is 6.35. The maximum absolute atomic E-state index is 12.6. The number of carbonyl (C=O) groups is 1. The van der Waals surface area contributed by atoms with Crippen molar-refractivity contribution < 1.29 is 18.3 Å². The minimum Gasteiger partial charge on any atom is -0.480 e. The van der Waals surface area contributed by atoms with E-state index in [-0.39, 0.29) is 11.4 Å². The Balaban J connectivity index is 2.42. The number of rotatable bonds is 3. The first-order chi connectivity index (χ1) is 9.34. The van der Waals surface area contributed by atoms with Crippen molar-refractivity contribution in [3.63, 3.8) is 0 Å². The molecule has 1 fully saturated rings. The van der Waals surface area contributed by atoms with Crippen LogP contribution in [0, 0.1) is 6.92 Å². The lowest BCUT2D eigenvalue weighted by molar-refractivity contribution is -0.142. The maximum atomic E-state index is 12.6. The average Bonchev–Trinajstić information content (AvgIpc) is 2.41. The van der Waals surface area contributed by atoms with E-state index < -0.39 is 22.0 Å². The van der Waals surface area contributed by atoms with Gasteiger partial charge in [-0.1, -0.05) is 17.7 Å². The normalized spacial score (nSPS) is 20.8. The molecule has 1 aliphatic heterocycles. The third-order valence-corrected chi connectivity index (χ3v) is 5.80. The Morgan fingerprint density at radius 3 is 2.70 bits per heavy atom. The molecule has 1 aliphatic rings. The monoisotopic (exact) mass is 317 g/mol. The van der Waals surface area contributed by atoms with E-state index in [9.17, 15) is 18.3 Å². The summed E-state index contributed by atoms with van der Waals surface area (Å²) < 4.78 is 26.2. The van der Waals surface area contributed by atoms with Crippen molar-refractivity contribution >= 4 is 27.6 Å². The topological polar surface area (TPSA) is 74.7 Å². The molecule has 7 heteroatoms. The smallest absolute Gasteiger partial charge is 0.322 e. The fourth-order valence-electron chi connectivity index (χ4n) is 2.31. The fraction of sp³-hybridized carbons (Fsp3) is 0.462. The number of carboxylic acid groups (broad SMARTS) is 1. The zero-order valence-corrected chi connectivity index (χ0v) is 12.6. The van der Waals surface area contributed by atoms with Gasteiger partial charge < -0.3 is 5.11 Å². The van der Waals surface area contributed by atoms with Crippen LogP contribution in [0.5, 0.6) is 0 Å². The van der Waals surface area contributed by atoms with Crippen LogP contribution in [0.15, 0.2) is 23.1 Å². The van der Waals surface area contributed by atoms with E-state index in [1.807, 2.05) is 0 Å². The molecular formula is C13H16ClNO4S. The molecule has 1 aromatic rings.